The van der Waals surface area contributed by atoms with Crippen LogP contribution in [0.15, 0.2) is 0 Å². The highest BCUT2D eigenvalue weighted by Crippen LogP contribution is 2.37. The number of fused-ring (bicyclic) bond motifs is 1. The molecule has 2 heterocycles. The summed E-state index contributed by atoms with van der Waals surface area (Å²) in [7, 11) is -3.41. The standard InChI is InChI=1S/C10H18N2O3S/c1-3-4-7-8-5-11-6-9(8)12(10(7)13)16(2,14)15/h7-9,11H,3-6H2,1-2H3/t7-,8-,9+/m1/s1. The summed E-state index contributed by atoms with van der Waals surface area (Å²) >= 11 is 0. The molecule has 2 rings (SSSR count). The molecule has 0 saturated carbocycles. The predicted molar refractivity (Wildman–Crippen MR) is 60.2 cm³/mol. The largest absolute Gasteiger partial charge is 0.314 e. The average Bonchev–Trinajstić information content (AvgIpc) is 2.68. The van der Waals surface area contributed by atoms with Gasteiger partial charge in [-0.05, 0) is 6.42 Å². The molecule has 5 nitrogen and oxygen atoms in total. The number of hydrogen-bond donors (Lipinski definition) is 1. The summed E-state index contributed by atoms with van der Waals surface area (Å²) in [6, 6.07) is -0.154. The molecule has 2 fully saturated rings. The Bertz CT molecular complexity index is 393. The summed E-state index contributed by atoms with van der Waals surface area (Å²) in [6.07, 6.45) is 2.82. The Hall–Kier alpha value is -0.620. The molecule has 0 bridgehead atoms. The Balaban J connectivity index is 2.31. The van der Waals surface area contributed by atoms with E-state index >= 15 is 0 Å². The van der Waals surface area contributed by atoms with Crippen molar-refractivity contribution in [3.05, 3.63) is 0 Å². The molecule has 1 N–H and O–H groups in total. The Kier molecular flexibility index (Phi) is 2.96. The van der Waals surface area contributed by atoms with E-state index in [1.807, 2.05) is 6.92 Å². The summed E-state index contributed by atoms with van der Waals surface area (Å²) in [6.45, 7) is 3.38. The van der Waals surface area contributed by atoms with Crippen LogP contribution in [0.25, 0.3) is 0 Å². The Morgan fingerprint density at radius 2 is 2.12 bits per heavy atom. The van der Waals surface area contributed by atoms with Gasteiger partial charge >= 0.3 is 0 Å². The van der Waals surface area contributed by atoms with E-state index in [9.17, 15) is 13.2 Å². The minimum atomic E-state index is -3.41. The molecule has 6 heteroatoms. The maximum Gasteiger partial charge on any atom is 0.239 e. The van der Waals surface area contributed by atoms with Crippen LogP contribution in [-0.4, -0.2) is 44.0 Å². The number of carbonyl (C=O) groups excluding carboxylic acids is 1. The number of hydrogen-bond acceptors (Lipinski definition) is 4. The molecule has 3 atom stereocenters. The normalized spacial score (nSPS) is 34.5. The van der Waals surface area contributed by atoms with E-state index in [2.05, 4.69) is 5.32 Å². The molecular weight excluding hydrogens is 228 g/mol. The van der Waals surface area contributed by atoms with Gasteiger partial charge in [0.25, 0.3) is 0 Å². The summed E-state index contributed by atoms with van der Waals surface area (Å²) in [5, 5.41) is 3.18. The van der Waals surface area contributed by atoms with Crippen LogP contribution in [0, 0.1) is 11.8 Å². The zero-order valence-corrected chi connectivity index (χ0v) is 10.5. The van der Waals surface area contributed by atoms with E-state index in [0.717, 1.165) is 29.9 Å². The van der Waals surface area contributed by atoms with Crippen molar-refractivity contribution in [1.82, 2.24) is 9.62 Å². The van der Waals surface area contributed by atoms with Gasteiger partial charge in [-0.1, -0.05) is 13.3 Å². The second kappa shape index (κ2) is 4.00. The number of nitrogens with zero attached hydrogens (tertiary/aromatic N) is 1. The number of carbonyl (C=O) groups is 1. The Morgan fingerprint density at radius 1 is 1.44 bits per heavy atom. The molecule has 0 aliphatic carbocycles. The van der Waals surface area contributed by atoms with E-state index in [1.54, 1.807) is 0 Å². The Labute approximate surface area is 96.2 Å². The number of amides is 1. The van der Waals surface area contributed by atoms with Crippen molar-refractivity contribution in [2.75, 3.05) is 19.3 Å². The maximum absolute atomic E-state index is 12.1. The van der Waals surface area contributed by atoms with Crippen LogP contribution in [0.1, 0.15) is 19.8 Å². The molecule has 0 aromatic carbocycles. The van der Waals surface area contributed by atoms with Crippen LogP contribution in [-0.2, 0) is 14.8 Å². The quantitative estimate of drug-likeness (QED) is 0.748. The zero-order valence-electron chi connectivity index (χ0n) is 9.64. The molecule has 16 heavy (non-hydrogen) atoms. The summed E-state index contributed by atoms with van der Waals surface area (Å²) in [5.41, 5.74) is 0. The lowest BCUT2D eigenvalue weighted by Crippen LogP contribution is -2.41. The lowest BCUT2D eigenvalue weighted by Gasteiger charge is -2.20. The van der Waals surface area contributed by atoms with Gasteiger partial charge in [0, 0.05) is 24.9 Å². The third kappa shape index (κ3) is 1.73. The minimum absolute atomic E-state index is 0.111. The van der Waals surface area contributed by atoms with E-state index in [4.69, 9.17) is 0 Å². The highest BCUT2D eigenvalue weighted by molar-refractivity contribution is 7.88. The van der Waals surface area contributed by atoms with Crippen molar-refractivity contribution in [3.8, 4) is 0 Å². The first-order chi connectivity index (χ1) is 7.46. The van der Waals surface area contributed by atoms with Crippen LogP contribution in [0.3, 0.4) is 0 Å². The third-order valence-electron chi connectivity index (χ3n) is 3.54. The van der Waals surface area contributed by atoms with Gasteiger partial charge in [0.15, 0.2) is 0 Å². The average molecular weight is 246 g/mol. The molecule has 0 aromatic rings. The maximum atomic E-state index is 12.1. The van der Waals surface area contributed by atoms with E-state index < -0.39 is 10.0 Å². The molecule has 0 aromatic heterocycles. The van der Waals surface area contributed by atoms with Gasteiger partial charge in [0.05, 0.1) is 12.3 Å². The first kappa shape index (κ1) is 11.9. The first-order valence-corrected chi connectivity index (χ1v) is 7.55. The van der Waals surface area contributed by atoms with E-state index in [-0.39, 0.29) is 23.8 Å². The van der Waals surface area contributed by atoms with Crippen molar-refractivity contribution in [1.29, 1.82) is 0 Å². The molecule has 2 aliphatic rings. The van der Waals surface area contributed by atoms with Crippen molar-refractivity contribution in [2.45, 2.75) is 25.8 Å². The van der Waals surface area contributed by atoms with Gasteiger partial charge in [-0.25, -0.2) is 12.7 Å². The molecule has 0 unspecified atom stereocenters. The molecule has 92 valence electrons. The highest BCUT2D eigenvalue weighted by Gasteiger charge is 2.52. The fourth-order valence-electron chi connectivity index (χ4n) is 2.92. The minimum Gasteiger partial charge on any atom is -0.314 e. The second-order valence-corrected chi connectivity index (χ2v) is 6.54. The number of sulfonamides is 1. The topological polar surface area (TPSA) is 66.5 Å². The SMILES string of the molecule is CCC[C@H]1C(=O)N(S(C)(=O)=O)[C@H]2CNC[C@H]12. The third-order valence-corrected chi connectivity index (χ3v) is 4.70. The van der Waals surface area contributed by atoms with Crippen LogP contribution in [0.5, 0.6) is 0 Å². The van der Waals surface area contributed by atoms with Crippen molar-refractivity contribution >= 4 is 15.9 Å². The predicted octanol–water partition coefficient (Wildman–Crippen LogP) is -0.207. The molecule has 0 spiro atoms. The number of rotatable bonds is 3. The van der Waals surface area contributed by atoms with Gasteiger partial charge in [-0.15, -0.1) is 0 Å². The van der Waals surface area contributed by atoms with Gasteiger partial charge < -0.3 is 5.32 Å². The summed E-state index contributed by atoms with van der Waals surface area (Å²) in [5.74, 6) is -0.136. The lowest BCUT2D eigenvalue weighted by atomic mass is 9.89. The summed E-state index contributed by atoms with van der Waals surface area (Å²) in [4.78, 5) is 12.1. The van der Waals surface area contributed by atoms with Crippen LogP contribution in [0.4, 0.5) is 0 Å². The fraction of sp³-hybridized carbons (Fsp3) is 0.900. The molecule has 1 amide bonds. The van der Waals surface area contributed by atoms with Crippen molar-refractivity contribution < 1.29 is 13.2 Å². The molecule has 0 radical (unpaired) electrons. The fourth-order valence-corrected chi connectivity index (χ4v) is 4.11. The van der Waals surface area contributed by atoms with Crippen LogP contribution >= 0.6 is 0 Å². The van der Waals surface area contributed by atoms with Gasteiger partial charge in [0.1, 0.15) is 0 Å². The molecule has 2 saturated heterocycles. The zero-order chi connectivity index (χ0) is 11.9. The molecule has 2 aliphatic heterocycles. The smallest absolute Gasteiger partial charge is 0.239 e. The van der Waals surface area contributed by atoms with Crippen molar-refractivity contribution in [3.63, 3.8) is 0 Å². The first-order valence-electron chi connectivity index (χ1n) is 5.70. The van der Waals surface area contributed by atoms with Crippen LogP contribution < -0.4 is 5.32 Å². The van der Waals surface area contributed by atoms with Crippen LogP contribution in [0.2, 0.25) is 0 Å². The number of nitrogens with one attached hydrogen (secondary N) is 1. The monoisotopic (exact) mass is 246 g/mol. The van der Waals surface area contributed by atoms with Crippen molar-refractivity contribution in [2.24, 2.45) is 11.8 Å². The highest BCUT2D eigenvalue weighted by atomic mass is 32.2. The van der Waals surface area contributed by atoms with Gasteiger partial charge in [-0.2, -0.15) is 0 Å². The van der Waals surface area contributed by atoms with Gasteiger partial charge in [-0.3, -0.25) is 4.79 Å². The molecular formula is C10H18N2O3S. The van der Waals surface area contributed by atoms with Gasteiger partial charge in [0.2, 0.25) is 15.9 Å². The second-order valence-electron chi connectivity index (χ2n) is 4.68. The summed E-state index contributed by atoms with van der Waals surface area (Å²) < 4.78 is 24.3. The van der Waals surface area contributed by atoms with E-state index in [0.29, 0.717) is 6.54 Å². The Morgan fingerprint density at radius 3 is 2.69 bits per heavy atom. The van der Waals surface area contributed by atoms with E-state index in [1.165, 1.54) is 0 Å². The lowest BCUT2D eigenvalue weighted by molar-refractivity contribution is -0.128.